The van der Waals surface area contributed by atoms with Crippen molar-refractivity contribution in [1.29, 1.82) is 0 Å². The standard InChI is InChI=1S/C18H19NS2/c1-13-7-9-15(10-8-13)14(2)19-18(16-5-3-11-20-16)17-6-4-12-21-17/h3-12,14,18-19H,1-2H3. The van der Waals surface area contributed by atoms with E-state index in [-0.39, 0.29) is 6.04 Å². The molecule has 108 valence electrons. The minimum Gasteiger partial charge on any atom is -0.298 e. The van der Waals surface area contributed by atoms with Crippen molar-refractivity contribution < 1.29 is 0 Å². The highest BCUT2D eigenvalue weighted by molar-refractivity contribution is 7.11. The van der Waals surface area contributed by atoms with Crippen molar-refractivity contribution in [2.45, 2.75) is 25.9 Å². The molecular formula is C18H19NS2. The van der Waals surface area contributed by atoms with Crippen LogP contribution in [0.25, 0.3) is 0 Å². The number of nitrogens with one attached hydrogen (secondary N) is 1. The Labute approximate surface area is 134 Å². The first-order valence-electron chi connectivity index (χ1n) is 7.13. The van der Waals surface area contributed by atoms with Gasteiger partial charge in [-0.1, -0.05) is 42.0 Å². The van der Waals surface area contributed by atoms with Gasteiger partial charge in [0.2, 0.25) is 0 Å². The summed E-state index contributed by atoms with van der Waals surface area (Å²) in [5.74, 6) is 0. The monoisotopic (exact) mass is 313 g/mol. The zero-order chi connectivity index (χ0) is 14.7. The highest BCUT2D eigenvalue weighted by Gasteiger charge is 2.19. The molecular weight excluding hydrogens is 294 g/mol. The van der Waals surface area contributed by atoms with Gasteiger partial charge in [0.25, 0.3) is 0 Å². The molecule has 1 atom stereocenters. The number of hydrogen-bond donors (Lipinski definition) is 1. The summed E-state index contributed by atoms with van der Waals surface area (Å²) in [6.45, 7) is 4.36. The second-order valence-corrected chi connectivity index (χ2v) is 7.22. The molecule has 1 unspecified atom stereocenters. The Bertz CT molecular complexity index is 620. The smallest absolute Gasteiger partial charge is 0.0769 e. The average molecular weight is 313 g/mol. The fraction of sp³-hybridized carbons (Fsp3) is 0.222. The van der Waals surface area contributed by atoms with Crippen LogP contribution in [0.5, 0.6) is 0 Å². The first-order chi connectivity index (χ1) is 10.2. The van der Waals surface area contributed by atoms with Crippen molar-refractivity contribution in [3.05, 3.63) is 80.2 Å². The summed E-state index contributed by atoms with van der Waals surface area (Å²) in [6.07, 6.45) is 0. The van der Waals surface area contributed by atoms with E-state index < -0.39 is 0 Å². The van der Waals surface area contributed by atoms with Crippen LogP contribution in [0.2, 0.25) is 0 Å². The first kappa shape index (κ1) is 14.5. The van der Waals surface area contributed by atoms with Gasteiger partial charge < -0.3 is 0 Å². The Kier molecular flexibility index (Phi) is 4.54. The number of hydrogen-bond acceptors (Lipinski definition) is 3. The summed E-state index contributed by atoms with van der Waals surface area (Å²) in [5, 5.41) is 8.07. The van der Waals surface area contributed by atoms with E-state index >= 15 is 0 Å². The molecule has 0 amide bonds. The van der Waals surface area contributed by atoms with Crippen LogP contribution < -0.4 is 5.32 Å². The molecule has 2 aromatic heterocycles. The Hall–Kier alpha value is -1.42. The molecule has 1 N–H and O–H groups in total. The Morgan fingerprint density at radius 2 is 1.43 bits per heavy atom. The summed E-state index contributed by atoms with van der Waals surface area (Å²) in [6, 6.07) is 18.1. The minimum atomic E-state index is 0.279. The molecule has 3 rings (SSSR count). The third-order valence-corrected chi connectivity index (χ3v) is 5.52. The van der Waals surface area contributed by atoms with Crippen LogP contribution in [0.4, 0.5) is 0 Å². The molecule has 2 heterocycles. The maximum atomic E-state index is 3.78. The first-order valence-corrected chi connectivity index (χ1v) is 8.89. The molecule has 0 spiro atoms. The van der Waals surface area contributed by atoms with E-state index in [4.69, 9.17) is 0 Å². The van der Waals surface area contributed by atoms with Crippen LogP contribution in [0, 0.1) is 6.92 Å². The van der Waals surface area contributed by atoms with Crippen molar-refractivity contribution >= 4 is 22.7 Å². The highest BCUT2D eigenvalue weighted by Crippen LogP contribution is 2.31. The van der Waals surface area contributed by atoms with Crippen LogP contribution in [0.15, 0.2) is 59.3 Å². The molecule has 0 bridgehead atoms. The van der Waals surface area contributed by atoms with Gasteiger partial charge in [0, 0.05) is 15.8 Å². The average Bonchev–Trinajstić information content (AvgIpc) is 3.19. The molecule has 1 aromatic carbocycles. The van der Waals surface area contributed by atoms with Crippen LogP contribution in [-0.4, -0.2) is 0 Å². The SMILES string of the molecule is Cc1ccc(C(C)NC(c2cccs2)c2cccs2)cc1. The summed E-state index contributed by atoms with van der Waals surface area (Å²) < 4.78 is 0. The molecule has 0 fully saturated rings. The number of aryl methyl sites for hydroxylation is 1. The predicted molar refractivity (Wildman–Crippen MR) is 93.2 cm³/mol. The van der Waals surface area contributed by atoms with Gasteiger partial charge in [-0.25, -0.2) is 0 Å². The summed E-state index contributed by atoms with van der Waals surface area (Å²) in [5.41, 5.74) is 2.64. The van der Waals surface area contributed by atoms with E-state index in [1.165, 1.54) is 20.9 Å². The topological polar surface area (TPSA) is 12.0 Å². The van der Waals surface area contributed by atoms with Gasteiger partial charge >= 0.3 is 0 Å². The fourth-order valence-electron chi connectivity index (χ4n) is 2.42. The Morgan fingerprint density at radius 3 is 1.90 bits per heavy atom. The van der Waals surface area contributed by atoms with Gasteiger partial charge in [-0.3, -0.25) is 5.32 Å². The molecule has 21 heavy (non-hydrogen) atoms. The summed E-state index contributed by atoms with van der Waals surface area (Å²) in [7, 11) is 0. The van der Waals surface area contributed by atoms with Gasteiger partial charge in [-0.05, 0) is 42.3 Å². The van der Waals surface area contributed by atoms with Crippen LogP contribution in [-0.2, 0) is 0 Å². The van der Waals surface area contributed by atoms with Gasteiger partial charge in [-0.15, -0.1) is 22.7 Å². The number of rotatable bonds is 5. The molecule has 0 aliphatic carbocycles. The molecule has 0 aliphatic rings. The van der Waals surface area contributed by atoms with Crippen molar-refractivity contribution in [2.24, 2.45) is 0 Å². The lowest BCUT2D eigenvalue weighted by molar-refractivity contribution is 0.526. The van der Waals surface area contributed by atoms with Gasteiger partial charge in [0.05, 0.1) is 6.04 Å². The molecule has 0 radical (unpaired) electrons. The molecule has 1 nitrogen and oxygen atoms in total. The highest BCUT2D eigenvalue weighted by atomic mass is 32.1. The zero-order valence-electron chi connectivity index (χ0n) is 12.2. The van der Waals surface area contributed by atoms with Gasteiger partial charge in [-0.2, -0.15) is 0 Å². The lowest BCUT2D eigenvalue weighted by atomic mass is 10.0. The van der Waals surface area contributed by atoms with Crippen LogP contribution in [0.3, 0.4) is 0 Å². The Balaban J connectivity index is 1.83. The van der Waals surface area contributed by atoms with Crippen molar-refractivity contribution in [1.82, 2.24) is 5.32 Å². The van der Waals surface area contributed by atoms with Crippen LogP contribution >= 0.6 is 22.7 Å². The minimum absolute atomic E-state index is 0.279. The van der Waals surface area contributed by atoms with E-state index in [1.807, 2.05) is 22.7 Å². The maximum absolute atomic E-state index is 3.78. The molecule has 0 saturated heterocycles. The fourth-order valence-corrected chi connectivity index (χ4v) is 4.10. The van der Waals surface area contributed by atoms with E-state index in [0.29, 0.717) is 6.04 Å². The molecule has 0 saturated carbocycles. The third kappa shape index (κ3) is 3.43. The summed E-state index contributed by atoms with van der Waals surface area (Å²) in [4.78, 5) is 2.74. The lowest BCUT2D eigenvalue weighted by Gasteiger charge is -2.22. The normalized spacial score (nSPS) is 12.7. The zero-order valence-corrected chi connectivity index (χ0v) is 13.9. The van der Waals surface area contributed by atoms with Crippen LogP contribution in [0.1, 0.15) is 39.9 Å². The Morgan fingerprint density at radius 1 is 0.857 bits per heavy atom. The van der Waals surface area contributed by atoms with Gasteiger partial charge in [0.15, 0.2) is 0 Å². The molecule has 3 aromatic rings. The van der Waals surface area contributed by atoms with Gasteiger partial charge in [0.1, 0.15) is 0 Å². The van der Waals surface area contributed by atoms with E-state index in [9.17, 15) is 0 Å². The lowest BCUT2D eigenvalue weighted by Crippen LogP contribution is -2.24. The van der Waals surface area contributed by atoms with E-state index in [1.54, 1.807) is 0 Å². The third-order valence-electron chi connectivity index (χ3n) is 3.65. The van der Waals surface area contributed by atoms with Crippen molar-refractivity contribution in [3.8, 4) is 0 Å². The largest absolute Gasteiger partial charge is 0.298 e. The second kappa shape index (κ2) is 6.56. The summed E-state index contributed by atoms with van der Waals surface area (Å²) >= 11 is 3.63. The molecule has 0 aliphatic heterocycles. The van der Waals surface area contributed by atoms with E-state index in [0.717, 1.165) is 0 Å². The van der Waals surface area contributed by atoms with E-state index in [2.05, 4.69) is 78.5 Å². The molecule has 3 heteroatoms. The quantitative estimate of drug-likeness (QED) is 0.650. The van der Waals surface area contributed by atoms with Crippen molar-refractivity contribution in [2.75, 3.05) is 0 Å². The second-order valence-electron chi connectivity index (χ2n) is 5.26. The maximum Gasteiger partial charge on any atom is 0.0769 e. The number of thiophene rings is 2. The predicted octanol–water partition coefficient (Wildman–Crippen LogP) is 5.56. The van der Waals surface area contributed by atoms with Crippen molar-refractivity contribution in [3.63, 3.8) is 0 Å². The number of benzene rings is 1.